The second kappa shape index (κ2) is 7.53. The van der Waals surface area contributed by atoms with Gasteiger partial charge in [0.05, 0.1) is 18.0 Å². The molecule has 0 aliphatic carbocycles. The number of piperidine rings is 1. The summed E-state index contributed by atoms with van der Waals surface area (Å²) in [5.74, 6) is 0.950. The first-order chi connectivity index (χ1) is 13.1. The van der Waals surface area contributed by atoms with Gasteiger partial charge in [0.2, 0.25) is 15.8 Å². The van der Waals surface area contributed by atoms with Crippen molar-refractivity contribution in [2.45, 2.75) is 31.1 Å². The fraction of sp³-hybridized carbons (Fsp3) is 0.333. The van der Waals surface area contributed by atoms with Crippen LogP contribution in [0.25, 0.3) is 11.5 Å². The number of hydrogen-bond donors (Lipinski definition) is 1. The van der Waals surface area contributed by atoms with E-state index >= 15 is 0 Å². The highest BCUT2D eigenvalue weighted by Crippen LogP contribution is 2.33. The van der Waals surface area contributed by atoms with E-state index in [-0.39, 0.29) is 11.8 Å². The first kappa shape index (κ1) is 17.7. The van der Waals surface area contributed by atoms with E-state index in [2.05, 4.69) is 25.1 Å². The zero-order valence-corrected chi connectivity index (χ0v) is 15.5. The van der Waals surface area contributed by atoms with Crippen LogP contribution in [0.15, 0.2) is 48.9 Å². The fourth-order valence-electron chi connectivity index (χ4n) is 3.33. The lowest BCUT2D eigenvalue weighted by molar-refractivity contribution is 0.246. The third kappa shape index (κ3) is 3.88. The Morgan fingerprint density at radius 3 is 2.78 bits per heavy atom. The molecule has 8 nitrogen and oxygen atoms in total. The van der Waals surface area contributed by atoms with Crippen molar-refractivity contribution in [2.24, 2.45) is 0 Å². The van der Waals surface area contributed by atoms with Crippen LogP contribution in [0.4, 0.5) is 0 Å². The van der Waals surface area contributed by atoms with E-state index in [1.54, 1.807) is 22.9 Å². The van der Waals surface area contributed by atoms with Crippen molar-refractivity contribution in [1.82, 2.24) is 29.5 Å². The van der Waals surface area contributed by atoms with Crippen molar-refractivity contribution < 1.29 is 8.42 Å². The van der Waals surface area contributed by atoms with Crippen molar-refractivity contribution in [3.05, 3.63) is 60.3 Å². The standard InChI is InChI=1S/C18H20N6O2S/c25-27(26,13-14-6-2-1-3-7-14)24-11-5-4-8-16(24)18-21-17(22-23-18)15-12-19-9-10-20-15/h1-3,6-7,9-10,12,16H,4-5,8,11,13H2,(H,21,22,23). The summed E-state index contributed by atoms with van der Waals surface area (Å²) in [4.78, 5) is 12.7. The average molecular weight is 384 g/mol. The van der Waals surface area contributed by atoms with Crippen LogP contribution in [-0.2, 0) is 15.8 Å². The van der Waals surface area contributed by atoms with Gasteiger partial charge in [-0.1, -0.05) is 36.8 Å². The molecular weight excluding hydrogens is 364 g/mol. The number of benzene rings is 1. The van der Waals surface area contributed by atoms with Gasteiger partial charge in [-0.2, -0.15) is 9.40 Å². The Kier molecular flexibility index (Phi) is 4.95. The minimum atomic E-state index is -3.47. The minimum Gasteiger partial charge on any atom is -0.261 e. The molecule has 1 aliphatic heterocycles. The van der Waals surface area contributed by atoms with E-state index in [0.29, 0.717) is 30.3 Å². The molecule has 1 unspecified atom stereocenters. The number of H-pyrrole nitrogens is 1. The zero-order chi connectivity index (χ0) is 18.7. The summed E-state index contributed by atoms with van der Waals surface area (Å²) in [6.07, 6.45) is 7.23. The molecule has 27 heavy (non-hydrogen) atoms. The van der Waals surface area contributed by atoms with Crippen LogP contribution >= 0.6 is 0 Å². The molecule has 9 heteroatoms. The van der Waals surface area contributed by atoms with Crippen molar-refractivity contribution in [3.8, 4) is 11.5 Å². The number of hydrogen-bond acceptors (Lipinski definition) is 6. The number of sulfonamides is 1. The van der Waals surface area contributed by atoms with Crippen LogP contribution in [0.3, 0.4) is 0 Å². The number of nitrogens with zero attached hydrogens (tertiary/aromatic N) is 5. The third-order valence-corrected chi connectivity index (χ3v) is 6.46. The van der Waals surface area contributed by atoms with Crippen molar-refractivity contribution >= 4 is 10.0 Å². The Labute approximate surface area is 157 Å². The number of nitrogens with one attached hydrogen (secondary N) is 1. The van der Waals surface area contributed by atoms with Crippen LogP contribution in [0.1, 0.15) is 36.7 Å². The van der Waals surface area contributed by atoms with Crippen LogP contribution in [0.5, 0.6) is 0 Å². The molecule has 1 aliphatic rings. The van der Waals surface area contributed by atoms with Gasteiger partial charge in [-0.3, -0.25) is 10.1 Å². The van der Waals surface area contributed by atoms with Gasteiger partial charge in [0.15, 0.2) is 0 Å². The molecule has 4 rings (SSSR count). The zero-order valence-electron chi connectivity index (χ0n) is 14.7. The molecule has 0 radical (unpaired) electrons. The molecule has 3 heterocycles. The number of rotatable bonds is 5. The molecule has 0 amide bonds. The van der Waals surface area contributed by atoms with E-state index < -0.39 is 10.0 Å². The van der Waals surface area contributed by atoms with Crippen LogP contribution in [0.2, 0.25) is 0 Å². The molecule has 1 N–H and O–H groups in total. The van der Waals surface area contributed by atoms with Gasteiger partial charge in [0.25, 0.3) is 0 Å². The molecule has 1 aromatic carbocycles. The monoisotopic (exact) mass is 384 g/mol. The summed E-state index contributed by atoms with van der Waals surface area (Å²) in [5, 5.41) is 7.11. The van der Waals surface area contributed by atoms with E-state index in [4.69, 9.17) is 0 Å². The number of aromatic nitrogens is 5. The molecule has 0 spiro atoms. The summed E-state index contributed by atoms with van der Waals surface area (Å²) in [6.45, 7) is 0.487. The molecular formula is C18H20N6O2S. The Balaban J connectivity index is 1.60. The van der Waals surface area contributed by atoms with Crippen molar-refractivity contribution in [3.63, 3.8) is 0 Å². The lowest BCUT2D eigenvalue weighted by atomic mass is 10.0. The molecule has 1 saturated heterocycles. The molecule has 3 aromatic rings. The molecule has 140 valence electrons. The highest BCUT2D eigenvalue weighted by Gasteiger charge is 2.35. The minimum absolute atomic E-state index is 0.0184. The molecule has 1 fully saturated rings. The van der Waals surface area contributed by atoms with Crippen molar-refractivity contribution in [1.29, 1.82) is 0 Å². The Hall–Kier alpha value is -2.65. The maximum atomic E-state index is 13.1. The lowest BCUT2D eigenvalue weighted by Gasteiger charge is -2.33. The van der Waals surface area contributed by atoms with Crippen LogP contribution < -0.4 is 0 Å². The normalized spacial score (nSPS) is 18.4. The molecule has 2 aromatic heterocycles. The van der Waals surface area contributed by atoms with Gasteiger partial charge in [-0.15, -0.1) is 0 Å². The highest BCUT2D eigenvalue weighted by molar-refractivity contribution is 7.88. The van der Waals surface area contributed by atoms with Gasteiger partial charge >= 0.3 is 0 Å². The van der Waals surface area contributed by atoms with Gasteiger partial charge < -0.3 is 0 Å². The van der Waals surface area contributed by atoms with Gasteiger partial charge in [0.1, 0.15) is 11.5 Å². The second-order valence-electron chi connectivity index (χ2n) is 6.50. The first-order valence-electron chi connectivity index (χ1n) is 8.85. The summed E-state index contributed by atoms with van der Waals surface area (Å²) < 4.78 is 27.7. The quantitative estimate of drug-likeness (QED) is 0.724. The molecule has 0 bridgehead atoms. The summed E-state index contributed by atoms with van der Waals surface area (Å²) in [5.41, 5.74) is 1.33. The lowest BCUT2D eigenvalue weighted by Crippen LogP contribution is -2.39. The second-order valence-corrected chi connectivity index (χ2v) is 8.42. The average Bonchev–Trinajstić information content (AvgIpc) is 3.19. The maximum Gasteiger partial charge on any atom is 0.218 e. The Morgan fingerprint density at radius 1 is 1.15 bits per heavy atom. The predicted octanol–water partition coefficient (Wildman–Crippen LogP) is 2.32. The summed E-state index contributed by atoms with van der Waals surface area (Å²) >= 11 is 0. The van der Waals surface area contributed by atoms with E-state index in [1.807, 2.05) is 30.3 Å². The Bertz CT molecular complexity index is 991. The topological polar surface area (TPSA) is 105 Å². The van der Waals surface area contributed by atoms with Gasteiger partial charge in [-0.05, 0) is 18.4 Å². The largest absolute Gasteiger partial charge is 0.261 e. The molecule has 1 atom stereocenters. The maximum absolute atomic E-state index is 13.1. The third-order valence-electron chi connectivity index (χ3n) is 4.61. The van der Waals surface area contributed by atoms with Crippen molar-refractivity contribution in [2.75, 3.05) is 6.54 Å². The van der Waals surface area contributed by atoms with Gasteiger partial charge in [0, 0.05) is 18.9 Å². The highest BCUT2D eigenvalue weighted by atomic mass is 32.2. The first-order valence-corrected chi connectivity index (χ1v) is 10.5. The summed E-state index contributed by atoms with van der Waals surface area (Å²) in [6, 6.07) is 8.89. The molecule has 0 saturated carbocycles. The predicted molar refractivity (Wildman–Crippen MR) is 99.8 cm³/mol. The van der Waals surface area contributed by atoms with Gasteiger partial charge in [-0.25, -0.2) is 18.4 Å². The summed E-state index contributed by atoms with van der Waals surface area (Å²) in [7, 11) is -3.47. The van der Waals surface area contributed by atoms with E-state index in [0.717, 1.165) is 18.4 Å². The fourth-order valence-corrected chi connectivity index (χ4v) is 5.11. The number of aromatic amines is 1. The van der Waals surface area contributed by atoms with E-state index in [9.17, 15) is 8.42 Å². The SMILES string of the molecule is O=S(=O)(Cc1ccccc1)N1CCCCC1c1nc(-c2cnccn2)n[nH]1. The van der Waals surface area contributed by atoms with Crippen LogP contribution in [-0.4, -0.2) is 44.4 Å². The Morgan fingerprint density at radius 2 is 2.00 bits per heavy atom. The van der Waals surface area contributed by atoms with Crippen LogP contribution in [0, 0.1) is 0 Å². The smallest absolute Gasteiger partial charge is 0.218 e. The van der Waals surface area contributed by atoms with E-state index in [1.165, 1.54) is 0 Å².